The van der Waals surface area contributed by atoms with Gasteiger partial charge in [0.25, 0.3) is 0 Å². The fraction of sp³-hybridized carbons (Fsp3) is 0.0476. The van der Waals surface area contributed by atoms with Gasteiger partial charge in [0, 0.05) is 0 Å². The van der Waals surface area contributed by atoms with Gasteiger partial charge in [-0.2, -0.15) is 0 Å². The average molecular weight is 551 g/mol. The first kappa shape index (κ1) is 36.8. The highest BCUT2D eigenvalue weighted by molar-refractivity contribution is 5.25. The first-order valence-corrected chi connectivity index (χ1v) is 14.2. The van der Waals surface area contributed by atoms with Crippen molar-refractivity contribution in [3.8, 4) is 0 Å². The molecule has 0 saturated carbocycles. The first-order chi connectivity index (χ1) is 20.9. The number of allylic oxidation sites excluding steroid dienone is 40. The molecule has 0 heterocycles. The lowest BCUT2D eigenvalue weighted by Crippen LogP contribution is -1.55. The predicted octanol–water partition coefficient (Wildman–Crippen LogP) is 12.2. The van der Waals surface area contributed by atoms with E-state index in [-0.39, 0.29) is 0 Å². The van der Waals surface area contributed by atoms with Gasteiger partial charge >= 0.3 is 0 Å². The Labute approximate surface area is 256 Å². The van der Waals surface area contributed by atoms with Crippen molar-refractivity contribution in [2.24, 2.45) is 0 Å². The minimum Gasteiger partial charge on any atom is -0.0877 e. The van der Waals surface area contributed by atoms with Gasteiger partial charge in [-0.1, -0.05) is 243 Å². The Kier molecular flexibility index (Phi) is 31.4. The largest absolute Gasteiger partial charge is 0.0877 e. The summed E-state index contributed by atoms with van der Waals surface area (Å²) in [4.78, 5) is 0. The summed E-state index contributed by atoms with van der Waals surface area (Å²) in [6.07, 6.45) is 80.0. The molecule has 0 aromatic carbocycles. The highest BCUT2D eigenvalue weighted by Crippen LogP contribution is 1.89. The summed E-state index contributed by atoms with van der Waals surface area (Å²) in [5, 5.41) is 0. The minimum absolute atomic E-state index is 2.00. The summed E-state index contributed by atoms with van der Waals surface area (Å²) in [5.74, 6) is 0. The molecular weight excluding hydrogens is 504 g/mol. The fourth-order valence-corrected chi connectivity index (χ4v) is 2.53. The maximum absolute atomic E-state index is 2.00. The predicted molar refractivity (Wildman–Crippen MR) is 194 cm³/mol. The Hall–Kier alpha value is -5.20. The number of rotatable bonds is 19. The van der Waals surface area contributed by atoms with E-state index in [0.717, 1.165) is 0 Å². The molecule has 0 aromatic rings. The maximum Gasteiger partial charge on any atom is -0.0467 e. The molecule has 0 atom stereocenters. The molecule has 0 aliphatic carbocycles. The molecule has 214 valence electrons. The van der Waals surface area contributed by atoms with Crippen LogP contribution >= 0.6 is 0 Å². The molecule has 0 saturated heterocycles. The van der Waals surface area contributed by atoms with Crippen LogP contribution in [0.2, 0.25) is 0 Å². The molecule has 0 unspecified atom stereocenters. The van der Waals surface area contributed by atoms with Gasteiger partial charge in [0.2, 0.25) is 0 Å². The third-order valence-electron chi connectivity index (χ3n) is 4.50. The van der Waals surface area contributed by atoms with E-state index in [1.807, 2.05) is 257 Å². The summed E-state index contributed by atoms with van der Waals surface area (Å²) in [5.41, 5.74) is 0. The van der Waals surface area contributed by atoms with Crippen molar-refractivity contribution in [3.63, 3.8) is 0 Å². The van der Waals surface area contributed by atoms with Gasteiger partial charge in [-0.3, -0.25) is 0 Å². The van der Waals surface area contributed by atoms with E-state index >= 15 is 0 Å². The first-order valence-electron chi connectivity index (χ1n) is 14.2. The fourth-order valence-electron chi connectivity index (χ4n) is 2.53. The molecule has 0 fully saturated rings. The van der Waals surface area contributed by atoms with Gasteiger partial charge in [-0.05, 0) is 13.8 Å². The van der Waals surface area contributed by atoms with Crippen LogP contribution in [-0.2, 0) is 0 Å². The monoisotopic (exact) mass is 550 g/mol. The third-order valence-corrected chi connectivity index (χ3v) is 4.50. The Morgan fingerprint density at radius 3 is 0.262 bits per heavy atom. The van der Waals surface area contributed by atoms with E-state index in [1.165, 1.54) is 0 Å². The van der Waals surface area contributed by atoms with Gasteiger partial charge in [0.05, 0.1) is 0 Å². The van der Waals surface area contributed by atoms with Gasteiger partial charge in [0.15, 0.2) is 0 Å². The van der Waals surface area contributed by atoms with Crippen LogP contribution in [0.5, 0.6) is 0 Å². The van der Waals surface area contributed by atoms with E-state index in [4.69, 9.17) is 0 Å². The SMILES string of the molecule is CC=CC=CC=CC=CC=CC=CC=CC=CC=CC=CC=CC=CC=CC=CC=CC=CC=CC=CC=CC=CC. The highest BCUT2D eigenvalue weighted by atomic mass is 13.7. The molecule has 0 bridgehead atoms. The van der Waals surface area contributed by atoms with E-state index in [1.54, 1.807) is 0 Å². The zero-order chi connectivity index (χ0) is 30.3. The van der Waals surface area contributed by atoms with Crippen LogP contribution in [0.25, 0.3) is 0 Å². The topological polar surface area (TPSA) is 0 Å². The van der Waals surface area contributed by atoms with Gasteiger partial charge in [0.1, 0.15) is 0 Å². The average Bonchev–Trinajstić information content (AvgIpc) is 3.00. The quantitative estimate of drug-likeness (QED) is 0.140. The Morgan fingerprint density at radius 2 is 0.190 bits per heavy atom. The van der Waals surface area contributed by atoms with Crippen LogP contribution < -0.4 is 0 Å². The van der Waals surface area contributed by atoms with Crippen LogP contribution in [0.4, 0.5) is 0 Å². The summed E-state index contributed by atoms with van der Waals surface area (Å²) < 4.78 is 0. The molecule has 42 heavy (non-hydrogen) atoms. The standard InChI is InChI=1S/C42H46/c1-3-5-7-9-11-13-15-17-19-21-23-25-27-29-31-33-35-37-39-41-42-40-38-36-34-32-30-28-26-24-22-20-18-16-14-12-10-8-6-4-2/h3-42H,1-2H3. The molecule has 0 aliphatic heterocycles. The summed E-state index contributed by atoms with van der Waals surface area (Å²) in [6.45, 7) is 4.00. The smallest absolute Gasteiger partial charge is 0.0467 e. The van der Waals surface area contributed by atoms with Crippen LogP contribution in [0.1, 0.15) is 13.8 Å². The molecule has 0 rings (SSSR count). The number of hydrogen-bond acceptors (Lipinski definition) is 0. The van der Waals surface area contributed by atoms with E-state index in [0.29, 0.717) is 0 Å². The summed E-state index contributed by atoms with van der Waals surface area (Å²) >= 11 is 0. The van der Waals surface area contributed by atoms with Crippen molar-refractivity contribution in [2.75, 3.05) is 0 Å². The highest BCUT2D eigenvalue weighted by Gasteiger charge is 1.67. The minimum atomic E-state index is 2.00. The molecule has 0 amide bonds. The molecule has 0 aliphatic rings. The second-order valence-electron chi connectivity index (χ2n) is 7.98. The lowest BCUT2D eigenvalue weighted by molar-refractivity contribution is 1.73. The lowest BCUT2D eigenvalue weighted by atomic mass is 10.3. The van der Waals surface area contributed by atoms with Crippen molar-refractivity contribution in [3.05, 3.63) is 243 Å². The lowest BCUT2D eigenvalue weighted by Gasteiger charge is -1.76. The Morgan fingerprint density at radius 1 is 0.119 bits per heavy atom. The van der Waals surface area contributed by atoms with E-state index < -0.39 is 0 Å². The van der Waals surface area contributed by atoms with E-state index in [2.05, 4.69) is 0 Å². The van der Waals surface area contributed by atoms with Gasteiger partial charge < -0.3 is 0 Å². The molecule has 0 radical (unpaired) electrons. The van der Waals surface area contributed by atoms with Crippen LogP contribution in [0.15, 0.2) is 243 Å². The van der Waals surface area contributed by atoms with Gasteiger partial charge in [-0.25, -0.2) is 0 Å². The Bertz CT molecular complexity index is 1150. The Balaban J connectivity index is 4.03. The maximum atomic E-state index is 2.00. The molecule has 0 spiro atoms. The van der Waals surface area contributed by atoms with Crippen LogP contribution in [0, 0.1) is 0 Å². The molecule has 0 heteroatoms. The van der Waals surface area contributed by atoms with Crippen molar-refractivity contribution < 1.29 is 0 Å². The van der Waals surface area contributed by atoms with Crippen molar-refractivity contribution in [1.29, 1.82) is 0 Å². The van der Waals surface area contributed by atoms with E-state index in [9.17, 15) is 0 Å². The van der Waals surface area contributed by atoms with Crippen LogP contribution in [0.3, 0.4) is 0 Å². The number of hydrogen-bond donors (Lipinski definition) is 0. The van der Waals surface area contributed by atoms with Crippen molar-refractivity contribution in [2.45, 2.75) is 13.8 Å². The zero-order valence-electron chi connectivity index (χ0n) is 25.1. The van der Waals surface area contributed by atoms with Crippen molar-refractivity contribution in [1.82, 2.24) is 0 Å². The summed E-state index contributed by atoms with van der Waals surface area (Å²) in [6, 6.07) is 0. The second kappa shape index (κ2) is 35.8. The second-order valence-corrected chi connectivity index (χ2v) is 7.98. The molecule has 0 nitrogen and oxygen atoms in total. The zero-order valence-corrected chi connectivity index (χ0v) is 25.1. The van der Waals surface area contributed by atoms with Crippen LogP contribution in [-0.4, -0.2) is 0 Å². The van der Waals surface area contributed by atoms with Crippen molar-refractivity contribution >= 4 is 0 Å². The molecular formula is C42H46. The molecule has 0 N–H and O–H groups in total. The van der Waals surface area contributed by atoms with Gasteiger partial charge in [-0.15, -0.1) is 0 Å². The third kappa shape index (κ3) is 34.8. The summed E-state index contributed by atoms with van der Waals surface area (Å²) in [7, 11) is 0. The molecule has 0 aromatic heterocycles. The normalized spacial score (nSPS) is 15.4.